The summed E-state index contributed by atoms with van der Waals surface area (Å²) in [4.78, 5) is 60.0. The maximum Gasteiger partial charge on any atom is 0.326 e. The number of benzene rings is 1. The van der Waals surface area contributed by atoms with E-state index < -0.39 is 60.2 Å². The molecule has 11 nitrogen and oxygen atoms in total. The average Bonchev–Trinajstić information content (AvgIpc) is 2.76. The van der Waals surface area contributed by atoms with E-state index in [4.69, 9.17) is 16.6 Å². The lowest BCUT2D eigenvalue weighted by Gasteiger charge is -2.27. The Kier molecular flexibility index (Phi) is 11.0. The van der Waals surface area contributed by atoms with Gasteiger partial charge in [0.15, 0.2) is 0 Å². The van der Waals surface area contributed by atoms with Crippen LogP contribution in [0.25, 0.3) is 0 Å². The van der Waals surface area contributed by atoms with Crippen LogP contribution in [-0.2, 0) is 30.4 Å². The molecular formula is C22H33N5O6. The topological polar surface area (TPSA) is 194 Å². The Morgan fingerprint density at radius 2 is 1.55 bits per heavy atom. The minimum Gasteiger partial charge on any atom is -0.480 e. The summed E-state index contributed by atoms with van der Waals surface area (Å²) in [5.74, 6) is -4.54. The third-order valence-corrected chi connectivity index (χ3v) is 5.20. The van der Waals surface area contributed by atoms with E-state index in [9.17, 15) is 24.0 Å². The number of carboxylic acids is 1. The Balaban J connectivity index is 2.79. The molecule has 0 spiro atoms. The summed E-state index contributed by atoms with van der Waals surface area (Å²) in [6.45, 7) is 4.97. The molecule has 0 bridgehead atoms. The maximum absolute atomic E-state index is 12.8. The summed E-state index contributed by atoms with van der Waals surface area (Å²) in [6.07, 6.45) is 0.260. The first-order chi connectivity index (χ1) is 15.5. The number of nitrogens with one attached hydrogen (secondary N) is 3. The van der Waals surface area contributed by atoms with Crippen LogP contribution < -0.4 is 27.4 Å². The van der Waals surface area contributed by atoms with Gasteiger partial charge in [-0.3, -0.25) is 19.2 Å². The molecule has 0 radical (unpaired) electrons. The van der Waals surface area contributed by atoms with Crippen LogP contribution in [0.2, 0.25) is 0 Å². The molecule has 0 heterocycles. The van der Waals surface area contributed by atoms with Crippen LogP contribution in [0, 0.1) is 5.92 Å². The summed E-state index contributed by atoms with van der Waals surface area (Å²) < 4.78 is 0. The van der Waals surface area contributed by atoms with Gasteiger partial charge in [0.2, 0.25) is 23.6 Å². The Hall–Kier alpha value is -3.47. The number of nitrogens with two attached hydrogens (primary N) is 2. The molecule has 0 aliphatic carbocycles. The lowest BCUT2D eigenvalue weighted by Crippen LogP contribution is -2.58. The lowest BCUT2D eigenvalue weighted by atomic mass is 9.97. The molecule has 5 unspecified atom stereocenters. The molecule has 4 amide bonds. The van der Waals surface area contributed by atoms with Crippen LogP contribution in [0.15, 0.2) is 30.3 Å². The standard InChI is InChI=1S/C22H33N5O6/c1-4-12(2)18(27-20(30)15(23)10-14-8-6-5-7-9-14)21(31)25-13(3)19(29)26-16(22(32)33)11-17(24)28/h5-9,12-13,15-16,18H,4,10-11,23H2,1-3H3,(H2,24,28)(H,25,31)(H,26,29)(H,27,30)(H,32,33). The van der Waals surface area contributed by atoms with Crippen LogP contribution >= 0.6 is 0 Å². The van der Waals surface area contributed by atoms with E-state index in [1.807, 2.05) is 37.3 Å². The van der Waals surface area contributed by atoms with Gasteiger partial charge in [-0.2, -0.15) is 0 Å². The second-order valence-corrected chi connectivity index (χ2v) is 7.97. The number of primary amides is 1. The predicted octanol–water partition coefficient (Wildman–Crippen LogP) is -0.963. The molecular weight excluding hydrogens is 430 g/mol. The van der Waals surface area contributed by atoms with Gasteiger partial charge >= 0.3 is 5.97 Å². The highest BCUT2D eigenvalue weighted by Crippen LogP contribution is 2.10. The third-order valence-electron chi connectivity index (χ3n) is 5.20. The van der Waals surface area contributed by atoms with E-state index in [0.29, 0.717) is 6.42 Å². The molecule has 8 N–H and O–H groups in total. The molecule has 0 saturated carbocycles. The minimum absolute atomic E-state index is 0.269. The number of hydrogen-bond acceptors (Lipinski definition) is 6. The Labute approximate surface area is 192 Å². The van der Waals surface area contributed by atoms with Crippen LogP contribution in [0.4, 0.5) is 0 Å². The van der Waals surface area contributed by atoms with Crippen molar-refractivity contribution in [1.29, 1.82) is 0 Å². The van der Waals surface area contributed by atoms with Gasteiger partial charge in [0.1, 0.15) is 18.1 Å². The minimum atomic E-state index is -1.52. The van der Waals surface area contributed by atoms with Gasteiger partial charge in [0.05, 0.1) is 12.5 Å². The molecule has 0 saturated heterocycles. The normalized spacial score (nSPS) is 15.3. The molecule has 0 fully saturated rings. The monoisotopic (exact) mass is 463 g/mol. The van der Waals surface area contributed by atoms with Crippen LogP contribution in [0.3, 0.4) is 0 Å². The number of aliphatic carboxylic acids is 1. The molecule has 11 heteroatoms. The van der Waals surface area contributed by atoms with Gasteiger partial charge in [0.25, 0.3) is 0 Å². The van der Waals surface area contributed by atoms with Crippen LogP contribution in [0.5, 0.6) is 0 Å². The van der Waals surface area contributed by atoms with Gasteiger partial charge in [0, 0.05) is 0 Å². The Bertz CT molecular complexity index is 847. The lowest BCUT2D eigenvalue weighted by molar-refractivity contribution is -0.143. The molecule has 5 atom stereocenters. The molecule has 0 aliphatic heterocycles. The summed E-state index contributed by atoms with van der Waals surface area (Å²) in [6, 6.07) is 4.72. The highest BCUT2D eigenvalue weighted by Gasteiger charge is 2.31. The van der Waals surface area contributed by atoms with E-state index in [0.717, 1.165) is 5.56 Å². The van der Waals surface area contributed by atoms with Crippen molar-refractivity contribution in [1.82, 2.24) is 16.0 Å². The zero-order valence-electron chi connectivity index (χ0n) is 19.0. The molecule has 1 rings (SSSR count). The van der Waals surface area contributed by atoms with Crippen molar-refractivity contribution in [3.8, 4) is 0 Å². The number of amides is 4. The number of carbonyl (C=O) groups is 5. The number of hydrogen-bond donors (Lipinski definition) is 6. The second-order valence-electron chi connectivity index (χ2n) is 7.97. The van der Waals surface area contributed by atoms with Gasteiger partial charge in [-0.05, 0) is 24.8 Å². The van der Waals surface area contributed by atoms with E-state index in [1.165, 1.54) is 6.92 Å². The molecule has 1 aromatic carbocycles. The number of carbonyl (C=O) groups excluding carboxylic acids is 4. The van der Waals surface area contributed by atoms with Crippen molar-refractivity contribution in [2.24, 2.45) is 17.4 Å². The van der Waals surface area contributed by atoms with E-state index in [2.05, 4.69) is 16.0 Å². The quantitative estimate of drug-likeness (QED) is 0.217. The fraction of sp³-hybridized carbons (Fsp3) is 0.500. The molecule has 1 aromatic rings. The van der Waals surface area contributed by atoms with Crippen molar-refractivity contribution < 1.29 is 29.1 Å². The van der Waals surface area contributed by atoms with Gasteiger partial charge < -0.3 is 32.5 Å². The zero-order valence-corrected chi connectivity index (χ0v) is 19.0. The first-order valence-electron chi connectivity index (χ1n) is 10.7. The highest BCUT2D eigenvalue weighted by atomic mass is 16.4. The van der Waals surface area contributed by atoms with Gasteiger partial charge in [-0.25, -0.2) is 4.79 Å². The van der Waals surface area contributed by atoms with Crippen molar-refractivity contribution in [3.05, 3.63) is 35.9 Å². The number of carboxylic acid groups (broad SMARTS) is 1. The summed E-state index contributed by atoms with van der Waals surface area (Å²) in [5, 5.41) is 16.4. The zero-order chi connectivity index (χ0) is 25.1. The highest BCUT2D eigenvalue weighted by molar-refractivity contribution is 5.94. The summed E-state index contributed by atoms with van der Waals surface area (Å²) >= 11 is 0. The van der Waals surface area contributed by atoms with E-state index >= 15 is 0 Å². The number of rotatable bonds is 13. The maximum atomic E-state index is 12.8. The smallest absolute Gasteiger partial charge is 0.326 e. The van der Waals surface area contributed by atoms with Crippen molar-refractivity contribution in [2.75, 3.05) is 0 Å². The summed E-state index contributed by atoms with van der Waals surface area (Å²) in [5.41, 5.74) is 11.9. The van der Waals surface area contributed by atoms with E-state index in [-0.39, 0.29) is 12.3 Å². The van der Waals surface area contributed by atoms with Crippen molar-refractivity contribution in [3.63, 3.8) is 0 Å². The Morgan fingerprint density at radius 3 is 2.06 bits per heavy atom. The largest absolute Gasteiger partial charge is 0.480 e. The molecule has 0 aromatic heterocycles. The fourth-order valence-electron chi connectivity index (χ4n) is 2.99. The molecule has 182 valence electrons. The Morgan fingerprint density at radius 1 is 0.939 bits per heavy atom. The predicted molar refractivity (Wildman–Crippen MR) is 120 cm³/mol. The summed E-state index contributed by atoms with van der Waals surface area (Å²) in [7, 11) is 0. The fourth-order valence-corrected chi connectivity index (χ4v) is 2.99. The molecule has 33 heavy (non-hydrogen) atoms. The van der Waals surface area contributed by atoms with E-state index in [1.54, 1.807) is 6.92 Å². The van der Waals surface area contributed by atoms with Crippen molar-refractivity contribution in [2.45, 2.75) is 64.2 Å². The SMILES string of the molecule is CCC(C)C(NC(=O)C(N)Cc1ccccc1)C(=O)NC(C)C(=O)NC(CC(N)=O)C(=O)O. The second kappa shape index (κ2) is 13.2. The average molecular weight is 464 g/mol. The third kappa shape index (κ3) is 9.27. The first-order valence-corrected chi connectivity index (χ1v) is 10.7. The first kappa shape index (κ1) is 27.6. The molecule has 0 aliphatic rings. The van der Waals surface area contributed by atoms with Gasteiger partial charge in [-0.15, -0.1) is 0 Å². The van der Waals surface area contributed by atoms with Crippen LogP contribution in [0.1, 0.15) is 39.2 Å². The van der Waals surface area contributed by atoms with Gasteiger partial charge in [-0.1, -0.05) is 50.6 Å². The van der Waals surface area contributed by atoms with Crippen molar-refractivity contribution >= 4 is 29.6 Å². The van der Waals surface area contributed by atoms with Crippen LogP contribution in [-0.4, -0.2) is 58.9 Å².